The molecule has 10 heteroatoms. The monoisotopic (exact) mass is 568 g/mol. The predicted molar refractivity (Wildman–Crippen MR) is 149 cm³/mol. The standard InChI is InChI=1S/2C14H17FN2O.2ClH/c2*1-9(13-6-14(16,7-13)8-13)12(18)17-11-4-2-10(15)3-5-11;;/h2*2-5,9H,6-8,16H2,1H3,(H,17,18);2*1H/t2*9-,13?,14?;;/m10../s1. The van der Waals surface area contributed by atoms with Crippen LogP contribution in [0, 0.1) is 34.3 Å². The van der Waals surface area contributed by atoms with Gasteiger partial charge in [0.25, 0.3) is 0 Å². The summed E-state index contributed by atoms with van der Waals surface area (Å²) in [5, 5.41) is 5.67. The Morgan fingerprint density at radius 3 is 1.16 bits per heavy atom. The first kappa shape index (κ1) is 30.3. The molecule has 8 rings (SSSR count). The first-order valence-electron chi connectivity index (χ1n) is 12.6. The fraction of sp³-hybridized carbons (Fsp3) is 0.500. The average molecular weight is 570 g/mol. The lowest BCUT2D eigenvalue weighted by atomic mass is 9.36. The van der Waals surface area contributed by atoms with Crippen LogP contribution in [0.1, 0.15) is 52.4 Å². The van der Waals surface area contributed by atoms with Gasteiger partial charge in [-0.1, -0.05) is 13.8 Å². The van der Waals surface area contributed by atoms with Crippen molar-refractivity contribution in [3.8, 4) is 0 Å². The summed E-state index contributed by atoms with van der Waals surface area (Å²) < 4.78 is 25.5. The van der Waals surface area contributed by atoms with Crippen LogP contribution in [0.5, 0.6) is 0 Å². The van der Waals surface area contributed by atoms with Gasteiger partial charge in [-0.25, -0.2) is 8.78 Å². The van der Waals surface area contributed by atoms with Crippen molar-refractivity contribution >= 4 is 48.0 Å². The molecule has 2 aromatic carbocycles. The van der Waals surface area contributed by atoms with E-state index in [0.717, 1.165) is 38.5 Å². The highest BCUT2D eigenvalue weighted by Gasteiger charge is 2.69. The molecular weight excluding hydrogens is 533 g/mol. The molecule has 0 aromatic heterocycles. The van der Waals surface area contributed by atoms with E-state index >= 15 is 0 Å². The van der Waals surface area contributed by atoms with Gasteiger partial charge in [-0.15, -0.1) is 24.8 Å². The smallest absolute Gasteiger partial charge is 0.227 e. The van der Waals surface area contributed by atoms with E-state index in [9.17, 15) is 18.4 Å². The second-order valence-electron chi connectivity index (χ2n) is 11.9. The minimum absolute atomic E-state index is 0. The Morgan fingerprint density at radius 2 is 0.921 bits per heavy atom. The lowest BCUT2D eigenvalue weighted by molar-refractivity contribution is -0.174. The quantitative estimate of drug-likeness (QED) is 0.373. The highest BCUT2D eigenvalue weighted by atomic mass is 35.5. The molecule has 38 heavy (non-hydrogen) atoms. The SMILES string of the molecule is C[C@@H](C(=O)Nc1ccc(F)cc1)C12CC(N)(C1)C2.C[C@H](C(=O)Nc1ccc(F)cc1)C12CC(N)(C1)C2.Cl.Cl. The van der Waals surface area contributed by atoms with Crippen molar-refractivity contribution in [3.05, 3.63) is 60.2 Å². The maximum Gasteiger partial charge on any atom is 0.227 e. The van der Waals surface area contributed by atoms with Crippen LogP contribution in [0.3, 0.4) is 0 Å². The molecule has 2 amide bonds. The largest absolute Gasteiger partial charge is 0.326 e. The first-order chi connectivity index (χ1) is 16.8. The zero-order valence-electron chi connectivity index (χ0n) is 21.6. The zero-order valence-corrected chi connectivity index (χ0v) is 23.2. The molecule has 6 fully saturated rings. The molecule has 6 nitrogen and oxygen atoms in total. The second-order valence-corrected chi connectivity index (χ2v) is 11.9. The Hall–Kier alpha value is -2.26. The van der Waals surface area contributed by atoms with Crippen molar-refractivity contribution < 1.29 is 18.4 Å². The summed E-state index contributed by atoms with van der Waals surface area (Å²) in [4.78, 5) is 24.2. The highest BCUT2D eigenvalue weighted by Crippen LogP contribution is 2.70. The van der Waals surface area contributed by atoms with Crippen molar-refractivity contribution in [2.75, 3.05) is 10.6 Å². The molecule has 6 aliphatic carbocycles. The molecule has 0 spiro atoms. The fourth-order valence-corrected chi connectivity index (χ4v) is 6.94. The molecule has 2 atom stereocenters. The van der Waals surface area contributed by atoms with Crippen molar-refractivity contribution in [3.63, 3.8) is 0 Å². The topological polar surface area (TPSA) is 110 Å². The maximum absolute atomic E-state index is 12.8. The molecule has 0 heterocycles. The lowest BCUT2D eigenvalue weighted by Crippen LogP contribution is -2.75. The Bertz CT molecular complexity index is 1060. The second kappa shape index (κ2) is 10.4. The molecule has 0 unspecified atom stereocenters. The number of nitrogens with two attached hydrogens (primary N) is 2. The van der Waals surface area contributed by atoms with Gasteiger partial charge in [0.2, 0.25) is 11.8 Å². The molecule has 6 saturated carbocycles. The van der Waals surface area contributed by atoms with Crippen LogP contribution in [0.15, 0.2) is 48.5 Å². The Labute approximate surface area is 234 Å². The summed E-state index contributed by atoms with van der Waals surface area (Å²) in [5.41, 5.74) is 13.6. The summed E-state index contributed by atoms with van der Waals surface area (Å²) in [7, 11) is 0. The first-order valence-corrected chi connectivity index (χ1v) is 12.6. The van der Waals surface area contributed by atoms with E-state index in [0.29, 0.717) is 11.4 Å². The van der Waals surface area contributed by atoms with Crippen molar-refractivity contribution in [2.24, 2.45) is 34.1 Å². The summed E-state index contributed by atoms with van der Waals surface area (Å²) >= 11 is 0. The van der Waals surface area contributed by atoms with Gasteiger partial charge in [0.15, 0.2) is 0 Å². The molecule has 6 N–H and O–H groups in total. The molecule has 208 valence electrons. The molecule has 0 aliphatic heterocycles. The minimum Gasteiger partial charge on any atom is -0.326 e. The molecule has 0 saturated heterocycles. The molecule has 4 bridgehead atoms. The van der Waals surface area contributed by atoms with E-state index in [4.69, 9.17) is 11.5 Å². The summed E-state index contributed by atoms with van der Waals surface area (Å²) in [6, 6.07) is 11.7. The van der Waals surface area contributed by atoms with Crippen LogP contribution in [0.4, 0.5) is 20.2 Å². The van der Waals surface area contributed by atoms with Crippen LogP contribution in [0.25, 0.3) is 0 Å². The summed E-state index contributed by atoms with van der Waals surface area (Å²) in [5.74, 6) is -0.663. The Balaban J connectivity index is 0.000000200. The Morgan fingerprint density at radius 1 is 0.658 bits per heavy atom. The van der Waals surface area contributed by atoms with Crippen molar-refractivity contribution in [1.29, 1.82) is 0 Å². The zero-order chi connectivity index (χ0) is 25.9. The maximum atomic E-state index is 12.8. The van der Waals surface area contributed by atoms with Gasteiger partial charge in [0.05, 0.1) is 0 Å². The fourth-order valence-electron chi connectivity index (χ4n) is 6.94. The number of anilines is 2. The summed E-state index contributed by atoms with van der Waals surface area (Å²) in [6.45, 7) is 3.91. The van der Waals surface area contributed by atoms with Crippen LogP contribution in [-0.4, -0.2) is 22.9 Å². The Kier molecular flexibility index (Phi) is 8.27. The van der Waals surface area contributed by atoms with E-state index in [1.54, 1.807) is 24.3 Å². The van der Waals surface area contributed by atoms with Crippen LogP contribution >= 0.6 is 24.8 Å². The van der Waals surface area contributed by atoms with E-state index in [1.165, 1.54) is 24.3 Å². The number of benzene rings is 2. The predicted octanol–water partition coefficient (Wildman–Crippen LogP) is 5.41. The number of halogens is 4. The van der Waals surface area contributed by atoms with Crippen LogP contribution < -0.4 is 22.1 Å². The number of carbonyl (C=O) groups excluding carboxylic acids is 2. The van der Waals surface area contributed by atoms with E-state index < -0.39 is 0 Å². The number of amides is 2. The third-order valence-corrected chi connectivity index (χ3v) is 9.07. The van der Waals surface area contributed by atoms with Gasteiger partial charge < -0.3 is 22.1 Å². The van der Waals surface area contributed by atoms with Gasteiger partial charge in [-0.05, 0) is 97.9 Å². The van der Waals surface area contributed by atoms with Gasteiger partial charge >= 0.3 is 0 Å². The van der Waals surface area contributed by atoms with Crippen molar-refractivity contribution in [2.45, 2.75) is 63.5 Å². The number of rotatable bonds is 6. The third kappa shape index (κ3) is 5.41. The van der Waals surface area contributed by atoms with Crippen molar-refractivity contribution in [1.82, 2.24) is 0 Å². The van der Waals surface area contributed by atoms with Gasteiger partial charge in [0, 0.05) is 34.3 Å². The summed E-state index contributed by atoms with van der Waals surface area (Å²) in [6.07, 6.45) is 5.74. The number of hydrogen-bond acceptors (Lipinski definition) is 4. The molecular formula is C28H36Cl2F2N4O2. The van der Waals surface area contributed by atoms with Gasteiger partial charge in [-0.3, -0.25) is 9.59 Å². The number of nitrogens with one attached hydrogen (secondary N) is 2. The molecule has 6 aliphatic rings. The average Bonchev–Trinajstić information content (AvgIpc) is 2.76. The van der Waals surface area contributed by atoms with E-state index in [-0.39, 0.29) is 82.0 Å². The molecule has 2 aromatic rings. The third-order valence-electron chi connectivity index (χ3n) is 9.07. The van der Waals surface area contributed by atoms with Gasteiger partial charge in [-0.2, -0.15) is 0 Å². The highest BCUT2D eigenvalue weighted by molar-refractivity contribution is 5.94. The van der Waals surface area contributed by atoms with Gasteiger partial charge in [0.1, 0.15) is 11.6 Å². The molecule has 0 radical (unpaired) electrons. The van der Waals surface area contributed by atoms with E-state index in [1.807, 2.05) is 13.8 Å². The normalized spacial score (nSPS) is 32.4. The van der Waals surface area contributed by atoms with Crippen LogP contribution in [0.2, 0.25) is 0 Å². The number of hydrogen-bond donors (Lipinski definition) is 4. The lowest BCUT2D eigenvalue weighted by Gasteiger charge is -2.71. The minimum atomic E-state index is -0.300. The van der Waals surface area contributed by atoms with Crippen LogP contribution in [-0.2, 0) is 9.59 Å². The van der Waals surface area contributed by atoms with E-state index in [2.05, 4.69) is 10.6 Å². The number of carbonyl (C=O) groups is 2.